The first-order valence-electron chi connectivity index (χ1n) is 8.55. The molecule has 3 saturated heterocycles. The van der Waals surface area contributed by atoms with Gasteiger partial charge < -0.3 is 20.2 Å². The second kappa shape index (κ2) is 5.11. The molecule has 4 fully saturated rings. The third-order valence-corrected chi connectivity index (χ3v) is 6.47. The maximum atomic E-state index is 11.5. The molecule has 4 aliphatic rings. The first kappa shape index (κ1) is 14.3. The zero-order valence-corrected chi connectivity index (χ0v) is 13.0. The van der Waals surface area contributed by atoms with Crippen molar-refractivity contribution in [3.63, 3.8) is 0 Å². The SMILES string of the molecule is O=C1CC2(CCN(C3CC4CC(C3)N(C(=O)O)C4)CC2)CN1. The van der Waals surface area contributed by atoms with Crippen molar-refractivity contribution < 1.29 is 14.7 Å². The summed E-state index contributed by atoms with van der Waals surface area (Å²) in [7, 11) is 0. The van der Waals surface area contributed by atoms with Gasteiger partial charge in [-0.25, -0.2) is 4.79 Å². The minimum Gasteiger partial charge on any atom is -0.465 e. The first-order valence-corrected chi connectivity index (χ1v) is 8.55. The number of piperidine rings is 1. The molecule has 0 aromatic heterocycles. The van der Waals surface area contributed by atoms with Gasteiger partial charge in [-0.15, -0.1) is 0 Å². The fourth-order valence-corrected chi connectivity index (χ4v) is 5.20. The van der Waals surface area contributed by atoms with Gasteiger partial charge >= 0.3 is 6.09 Å². The van der Waals surface area contributed by atoms with Crippen molar-refractivity contribution >= 4 is 12.0 Å². The number of amides is 2. The van der Waals surface area contributed by atoms with Crippen LogP contribution in [-0.2, 0) is 4.79 Å². The molecule has 6 heteroatoms. The highest BCUT2D eigenvalue weighted by Crippen LogP contribution is 2.42. The molecule has 122 valence electrons. The number of rotatable bonds is 1. The van der Waals surface area contributed by atoms with Crippen LogP contribution in [0.25, 0.3) is 0 Å². The summed E-state index contributed by atoms with van der Waals surface area (Å²) in [6.45, 7) is 3.70. The maximum absolute atomic E-state index is 11.5. The molecule has 1 spiro atoms. The zero-order chi connectivity index (χ0) is 15.3. The highest BCUT2D eigenvalue weighted by atomic mass is 16.4. The molecule has 0 aromatic carbocycles. The number of likely N-dealkylation sites (tertiary alicyclic amines) is 2. The molecule has 2 N–H and O–H groups in total. The number of carbonyl (C=O) groups excluding carboxylic acids is 1. The number of carbonyl (C=O) groups is 2. The Hall–Kier alpha value is -1.30. The number of hydrogen-bond acceptors (Lipinski definition) is 3. The summed E-state index contributed by atoms with van der Waals surface area (Å²) >= 11 is 0. The number of fused-ring (bicyclic) bond motifs is 2. The Morgan fingerprint density at radius 2 is 1.91 bits per heavy atom. The third kappa shape index (κ3) is 2.37. The lowest BCUT2D eigenvalue weighted by Crippen LogP contribution is -2.49. The van der Waals surface area contributed by atoms with Gasteiger partial charge in [-0.05, 0) is 56.5 Å². The number of nitrogens with zero attached hydrogens (tertiary/aromatic N) is 2. The standard InChI is InChI=1S/C16H25N3O3/c20-14-8-16(10-17-14)1-3-18(4-2-16)12-5-11-6-13(7-12)19(9-11)15(21)22/h11-13H,1-10H2,(H,17,20)(H,21,22). The monoisotopic (exact) mass is 307 g/mol. The van der Waals surface area contributed by atoms with E-state index in [1.165, 1.54) is 0 Å². The summed E-state index contributed by atoms with van der Waals surface area (Å²) in [5, 5.41) is 12.3. The number of carboxylic acid groups (broad SMARTS) is 1. The quantitative estimate of drug-likeness (QED) is 0.761. The molecule has 22 heavy (non-hydrogen) atoms. The lowest BCUT2D eigenvalue weighted by atomic mass is 9.76. The Bertz CT molecular complexity index is 487. The maximum Gasteiger partial charge on any atom is 0.407 e. The Kier molecular flexibility index (Phi) is 3.33. The minimum absolute atomic E-state index is 0.203. The van der Waals surface area contributed by atoms with Crippen molar-refractivity contribution in [1.29, 1.82) is 0 Å². The Morgan fingerprint density at radius 3 is 2.55 bits per heavy atom. The van der Waals surface area contributed by atoms with Gasteiger partial charge in [0.2, 0.25) is 5.91 Å². The van der Waals surface area contributed by atoms with Crippen LogP contribution in [-0.4, -0.2) is 65.2 Å². The van der Waals surface area contributed by atoms with Gasteiger partial charge in [-0.2, -0.15) is 0 Å². The van der Waals surface area contributed by atoms with Crippen LogP contribution in [0.5, 0.6) is 0 Å². The predicted octanol–water partition coefficient (Wildman–Crippen LogP) is 1.12. The molecule has 0 aromatic rings. The van der Waals surface area contributed by atoms with Crippen LogP contribution >= 0.6 is 0 Å². The molecule has 1 aliphatic carbocycles. The molecular weight excluding hydrogens is 282 g/mol. The van der Waals surface area contributed by atoms with Crippen molar-refractivity contribution in [2.24, 2.45) is 11.3 Å². The van der Waals surface area contributed by atoms with E-state index in [0.717, 1.165) is 58.3 Å². The fourth-order valence-electron chi connectivity index (χ4n) is 5.20. The Morgan fingerprint density at radius 1 is 1.18 bits per heavy atom. The van der Waals surface area contributed by atoms with E-state index in [1.54, 1.807) is 4.90 Å². The van der Waals surface area contributed by atoms with Gasteiger partial charge in [0, 0.05) is 31.6 Å². The van der Waals surface area contributed by atoms with Crippen molar-refractivity contribution in [2.45, 2.75) is 50.6 Å². The molecule has 2 amide bonds. The third-order valence-electron chi connectivity index (χ3n) is 6.47. The van der Waals surface area contributed by atoms with E-state index in [1.807, 2.05) is 0 Å². The second-order valence-electron chi connectivity index (χ2n) is 7.81. The molecule has 3 aliphatic heterocycles. The van der Waals surface area contributed by atoms with Crippen LogP contribution in [0.2, 0.25) is 0 Å². The van der Waals surface area contributed by atoms with Crippen LogP contribution in [0.4, 0.5) is 4.79 Å². The molecule has 4 rings (SSSR count). The molecule has 1 saturated carbocycles. The molecule has 2 bridgehead atoms. The van der Waals surface area contributed by atoms with E-state index >= 15 is 0 Å². The van der Waals surface area contributed by atoms with Crippen LogP contribution in [0.1, 0.15) is 38.5 Å². The largest absolute Gasteiger partial charge is 0.465 e. The van der Waals surface area contributed by atoms with E-state index in [4.69, 9.17) is 0 Å². The lowest BCUT2D eigenvalue weighted by Gasteiger charge is -2.44. The summed E-state index contributed by atoms with van der Waals surface area (Å²) in [6.07, 6.45) is 5.33. The Labute approximate surface area is 130 Å². The lowest BCUT2D eigenvalue weighted by molar-refractivity contribution is -0.119. The topological polar surface area (TPSA) is 72.9 Å². The van der Waals surface area contributed by atoms with E-state index < -0.39 is 6.09 Å². The summed E-state index contributed by atoms with van der Waals surface area (Å²) in [6, 6.07) is 0.766. The van der Waals surface area contributed by atoms with Gasteiger partial charge in [0.15, 0.2) is 0 Å². The van der Waals surface area contributed by atoms with E-state index in [2.05, 4.69) is 10.2 Å². The predicted molar refractivity (Wildman–Crippen MR) is 80.5 cm³/mol. The molecule has 3 atom stereocenters. The zero-order valence-electron chi connectivity index (χ0n) is 13.0. The molecule has 3 unspecified atom stereocenters. The van der Waals surface area contributed by atoms with Crippen LogP contribution in [0.3, 0.4) is 0 Å². The Balaban J connectivity index is 1.37. The number of nitrogens with one attached hydrogen (secondary N) is 1. The summed E-state index contributed by atoms with van der Waals surface area (Å²) in [4.78, 5) is 27.0. The fraction of sp³-hybridized carbons (Fsp3) is 0.875. The summed E-state index contributed by atoms with van der Waals surface area (Å²) < 4.78 is 0. The van der Waals surface area contributed by atoms with Gasteiger partial charge in [0.25, 0.3) is 0 Å². The molecule has 6 nitrogen and oxygen atoms in total. The average Bonchev–Trinajstić information content (AvgIpc) is 3.00. The van der Waals surface area contributed by atoms with Crippen molar-refractivity contribution in [2.75, 3.05) is 26.2 Å². The van der Waals surface area contributed by atoms with Gasteiger partial charge in [-0.3, -0.25) is 4.79 Å². The highest BCUT2D eigenvalue weighted by Gasteiger charge is 2.46. The van der Waals surface area contributed by atoms with Crippen molar-refractivity contribution in [1.82, 2.24) is 15.1 Å². The molecule has 0 radical (unpaired) electrons. The summed E-state index contributed by atoms with van der Waals surface area (Å²) in [5.74, 6) is 0.756. The van der Waals surface area contributed by atoms with Crippen LogP contribution in [0, 0.1) is 11.3 Å². The van der Waals surface area contributed by atoms with Gasteiger partial charge in [0.05, 0.1) is 0 Å². The van der Waals surface area contributed by atoms with E-state index in [9.17, 15) is 14.7 Å². The highest BCUT2D eigenvalue weighted by molar-refractivity contribution is 5.79. The second-order valence-corrected chi connectivity index (χ2v) is 7.81. The van der Waals surface area contributed by atoms with E-state index in [-0.39, 0.29) is 17.4 Å². The minimum atomic E-state index is -0.749. The smallest absolute Gasteiger partial charge is 0.407 e. The summed E-state index contributed by atoms with van der Waals surface area (Å²) in [5.41, 5.74) is 0.203. The normalized spacial score (nSPS) is 37.5. The van der Waals surface area contributed by atoms with Crippen molar-refractivity contribution in [3.05, 3.63) is 0 Å². The van der Waals surface area contributed by atoms with Crippen molar-refractivity contribution in [3.8, 4) is 0 Å². The van der Waals surface area contributed by atoms with Gasteiger partial charge in [-0.1, -0.05) is 0 Å². The van der Waals surface area contributed by atoms with Crippen LogP contribution in [0.15, 0.2) is 0 Å². The average molecular weight is 307 g/mol. The molecular formula is C16H25N3O3. The first-order chi connectivity index (χ1) is 10.5. The number of hydrogen-bond donors (Lipinski definition) is 2. The molecule has 3 heterocycles. The van der Waals surface area contributed by atoms with Crippen LogP contribution < -0.4 is 5.32 Å². The van der Waals surface area contributed by atoms with E-state index in [0.29, 0.717) is 18.4 Å². The van der Waals surface area contributed by atoms with Gasteiger partial charge in [0.1, 0.15) is 0 Å².